The van der Waals surface area contributed by atoms with Crippen molar-refractivity contribution in [1.82, 2.24) is 0 Å². The van der Waals surface area contributed by atoms with Crippen molar-refractivity contribution in [2.75, 3.05) is 0 Å². The summed E-state index contributed by atoms with van der Waals surface area (Å²) in [6.07, 6.45) is 31.3. The summed E-state index contributed by atoms with van der Waals surface area (Å²) in [5.41, 5.74) is 12.5. The molecule has 0 heterocycles. The van der Waals surface area contributed by atoms with Crippen molar-refractivity contribution >= 4 is 23.3 Å². The fraction of sp³-hybridized carbons (Fsp3) is 0.547. The van der Waals surface area contributed by atoms with E-state index < -0.39 is 0 Å². The molecular weight excluding hydrogens is 637 g/mol. The zero-order chi connectivity index (χ0) is 38.3. The van der Waals surface area contributed by atoms with Gasteiger partial charge in [0.25, 0.3) is 0 Å². The third-order valence-electron chi connectivity index (χ3n) is 14.8. The monoisotopic (exact) mass is 711 g/mol. The van der Waals surface area contributed by atoms with Crippen molar-refractivity contribution in [3.63, 3.8) is 0 Å². The summed E-state index contributed by atoms with van der Waals surface area (Å²) in [7, 11) is 0. The quantitative estimate of drug-likeness (QED) is 0.206. The molecule has 3 aliphatic rings. The topological polar surface area (TPSA) is 0 Å². The largest absolute Gasteiger partial charge is 0.0835 e. The predicted molar refractivity (Wildman–Crippen MR) is 236 cm³/mol. The molecule has 1 unspecified atom stereocenters. The summed E-state index contributed by atoms with van der Waals surface area (Å²) < 4.78 is 0. The maximum absolute atomic E-state index is 2.57. The van der Waals surface area contributed by atoms with Crippen LogP contribution in [0.25, 0.3) is 23.3 Å². The highest BCUT2D eigenvalue weighted by Crippen LogP contribution is 2.46. The van der Waals surface area contributed by atoms with Crippen LogP contribution in [0.3, 0.4) is 0 Å². The standard InChI is InChI=1S/C53H74/c1-12-49-39(7)33-45(34-46(49)35-47-36-53(11,37(4)5)32-31-38(47)6)50(13-2)40(8)51(30-25-41-23-28-48(29-24-41)52(9,10)14-3)44-22-18-21-43(26-27-44)42-19-16-15-17-20-42/h12-13,15-20,22,26-27,33-35,37,40-41,48,51H,14,21,23-25,28-32,36H2,1-11H3/b46-35-,49-12+,50-13?/t40-,41?,48?,51+,53?/m1/s1. The first-order valence-corrected chi connectivity index (χ1v) is 21.6. The van der Waals surface area contributed by atoms with E-state index >= 15 is 0 Å². The lowest BCUT2D eigenvalue weighted by atomic mass is 9.66. The highest BCUT2D eigenvalue weighted by atomic mass is 14.4. The van der Waals surface area contributed by atoms with Crippen LogP contribution in [0.5, 0.6) is 0 Å². The molecule has 0 N–H and O–H groups in total. The van der Waals surface area contributed by atoms with Crippen LogP contribution >= 0.6 is 0 Å². The van der Waals surface area contributed by atoms with Crippen molar-refractivity contribution in [2.45, 2.75) is 147 Å². The van der Waals surface area contributed by atoms with Crippen LogP contribution in [0.15, 0.2) is 89.6 Å². The molecule has 0 amide bonds. The molecule has 0 nitrogen and oxygen atoms in total. The first kappa shape index (κ1) is 41.1. The van der Waals surface area contributed by atoms with Crippen molar-refractivity contribution < 1.29 is 0 Å². The lowest BCUT2D eigenvalue weighted by Crippen LogP contribution is -2.31. The molecular formula is C53H74. The summed E-state index contributed by atoms with van der Waals surface area (Å²) in [5, 5.41) is 2.78. The van der Waals surface area contributed by atoms with Gasteiger partial charge >= 0.3 is 0 Å². The second-order valence-electron chi connectivity index (χ2n) is 18.6. The molecule has 2 aromatic carbocycles. The van der Waals surface area contributed by atoms with E-state index in [-0.39, 0.29) is 0 Å². The Hall–Kier alpha value is -3.12. The molecule has 0 aliphatic heterocycles. The minimum absolute atomic E-state index is 0.366. The van der Waals surface area contributed by atoms with E-state index in [4.69, 9.17) is 0 Å². The lowest BCUT2D eigenvalue weighted by molar-refractivity contribution is 0.123. The molecule has 0 aromatic heterocycles. The van der Waals surface area contributed by atoms with E-state index in [0.29, 0.717) is 28.6 Å². The number of allylic oxidation sites excluding steroid dienone is 10. The SMILES string of the molecule is CC=C(c1cc(C)c(=C\C)/c(=C\C2=C(C)CCC(C)(C(C)C)C2)c1)[C@@H](C)[C@H](CCC1CCC(C(C)(C)CC)CC1)C1=CC=C(c2ccccc2)CC=C1. The molecule has 3 atom stereocenters. The average Bonchev–Trinajstić information content (AvgIpc) is 3.40. The normalized spacial score (nSPS) is 25.0. The third-order valence-corrected chi connectivity index (χ3v) is 14.8. The van der Waals surface area contributed by atoms with Crippen LogP contribution in [-0.4, -0.2) is 0 Å². The highest BCUT2D eigenvalue weighted by molar-refractivity contribution is 5.71. The van der Waals surface area contributed by atoms with Gasteiger partial charge < -0.3 is 0 Å². The second kappa shape index (κ2) is 18.0. The first-order valence-electron chi connectivity index (χ1n) is 21.6. The van der Waals surface area contributed by atoms with Gasteiger partial charge in [-0.05, 0) is 175 Å². The van der Waals surface area contributed by atoms with Crippen LogP contribution in [0.1, 0.15) is 157 Å². The number of hydrogen-bond acceptors (Lipinski definition) is 0. The number of hydrogen-bond donors (Lipinski definition) is 0. The van der Waals surface area contributed by atoms with Gasteiger partial charge in [0.1, 0.15) is 0 Å². The van der Waals surface area contributed by atoms with Crippen LogP contribution in [-0.2, 0) is 0 Å². The van der Waals surface area contributed by atoms with Crippen molar-refractivity contribution in [1.29, 1.82) is 0 Å². The van der Waals surface area contributed by atoms with Crippen molar-refractivity contribution in [3.05, 3.63) is 117 Å². The molecule has 53 heavy (non-hydrogen) atoms. The van der Waals surface area contributed by atoms with Crippen LogP contribution in [0.2, 0.25) is 0 Å². The Morgan fingerprint density at radius 3 is 2.32 bits per heavy atom. The fourth-order valence-corrected chi connectivity index (χ4v) is 9.98. The molecule has 2 aromatic rings. The number of aryl methyl sites for hydroxylation is 1. The van der Waals surface area contributed by atoms with Crippen LogP contribution in [0.4, 0.5) is 0 Å². The van der Waals surface area contributed by atoms with Gasteiger partial charge in [-0.25, -0.2) is 0 Å². The molecule has 0 saturated heterocycles. The fourth-order valence-electron chi connectivity index (χ4n) is 9.98. The molecule has 5 rings (SSSR count). The van der Waals surface area contributed by atoms with E-state index in [2.05, 4.69) is 161 Å². The van der Waals surface area contributed by atoms with E-state index in [1.807, 2.05) is 0 Å². The Balaban J connectivity index is 1.50. The Labute approximate surface area is 326 Å². The smallest absolute Gasteiger partial charge is 0.00883 e. The summed E-state index contributed by atoms with van der Waals surface area (Å²) in [5.74, 6) is 3.28. The maximum atomic E-state index is 2.57. The molecule has 1 fully saturated rings. The van der Waals surface area contributed by atoms with Gasteiger partial charge in [0, 0.05) is 0 Å². The van der Waals surface area contributed by atoms with E-state index in [0.717, 1.165) is 18.3 Å². The summed E-state index contributed by atoms with van der Waals surface area (Å²) >= 11 is 0. The van der Waals surface area contributed by atoms with Crippen LogP contribution in [0, 0.1) is 47.3 Å². The molecule has 0 spiro atoms. The Kier molecular flexibility index (Phi) is 13.9. The zero-order valence-electron chi connectivity index (χ0n) is 35.7. The Bertz CT molecular complexity index is 1820. The van der Waals surface area contributed by atoms with E-state index in [1.165, 1.54) is 108 Å². The summed E-state index contributed by atoms with van der Waals surface area (Å²) in [6.45, 7) is 26.5. The van der Waals surface area contributed by atoms with Gasteiger partial charge in [-0.3, -0.25) is 0 Å². The van der Waals surface area contributed by atoms with Crippen molar-refractivity contribution in [2.24, 2.45) is 40.4 Å². The van der Waals surface area contributed by atoms with E-state index in [9.17, 15) is 0 Å². The third kappa shape index (κ3) is 9.77. The van der Waals surface area contributed by atoms with Gasteiger partial charge in [0.15, 0.2) is 0 Å². The minimum atomic E-state index is 0.366. The highest BCUT2D eigenvalue weighted by Gasteiger charge is 2.34. The van der Waals surface area contributed by atoms with Gasteiger partial charge in [0.2, 0.25) is 0 Å². The Morgan fingerprint density at radius 2 is 1.68 bits per heavy atom. The van der Waals surface area contributed by atoms with Gasteiger partial charge in [-0.1, -0.05) is 152 Å². The average molecular weight is 711 g/mol. The minimum Gasteiger partial charge on any atom is -0.0835 e. The van der Waals surface area contributed by atoms with Gasteiger partial charge in [-0.15, -0.1) is 0 Å². The van der Waals surface area contributed by atoms with E-state index in [1.54, 1.807) is 11.1 Å². The molecule has 0 bridgehead atoms. The molecule has 3 aliphatic carbocycles. The zero-order valence-corrected chi connectivity index (χ0v) is 35.7. The van der Waals surface area contributed by atoms with Gasteiger partial charge in [0.05, 0.1) is 0 Å². The van der Waals surface area contributed by atoms with Crippen molar-refractivity contribution in [3.8, 4) is 0 Å². The van der Waals surface area contributed by atoms with Gasteiger partial charge in [-0.2, -0.15) is 0 Å². The Morgan fingerprint density at radius 1 is 0.962 bits per heavy atom. The number of rotatable bonds is 12. The predicted octanol–water partition coefficient (Wildman–Crippen LogP) is 14.4. The van der Waals surface area contributed by atoms with Crippen LogP contribution < -0.4 is 10.4 Å². The second-order valence-corrected chi connectivity index (χ2v) is 18.6. The lowest BCUT2D eigenvalue weighted by Gasteiger charge is -2.39. The summed E-state index contributed by atoms with van der Waals surface area (Å²) in [6, 6.07) is 16.0. The molecule has 1 saturated carbocycles. The summed E-state index contributed by atoms with van der Waals surface area (Å²) in [4.78, 5) is 0. The molecule has 286 valence electrons. The molecule has 0 heteroatoms. The number of benzene rings is 2. The maximum Gasteiger partial charge on any atom is -0.00883 e. The molecule has 0 radical (unpaired) electrons. The first-order chi connectivity index (χ1) is 25.3.